The third-order valence-corrected chi connectivity index (χ3v) is 2.85. The van der Waals surface area contributed by atoms with Crippen LogP contribution in [0.15, 0.2) is 6.07 Å². The average molecular weight is 279 g/mol. The monoisotopic (exact) mass is 278 g/mol. The zero-order chi connectivity index (χ0) is 13.0. The highest BCUT2D eigenvalue weighted by atomic mass is 35.5. The number of aromatic nitrogens is 1. The van der Waals surface area contributed by atoms with Gasteiger partial charge in [0.2, 0.25) is 0 Å². The number of halogens is 2. The maximum absolute atomic E-state index is 6.03. The van der Waals surface area contributed by atoms with Crippen LogP contribution in [-0.2, 0) is 9.47 Å². The largest absolute Gasteiger partial charge is 0.375 e. The van der Waals surface area contributed by atoms with E-state index in [2.05, 4.69) is 10.3 Å². The molecule has 0 saturated carbocycles. The SMILES string of the molecule is COC(OC)C(C)Nc1c(C)cc(Cl)nc1Cl. The molecule has 96 valence electrons. The molecule has 1 unspecified atom stereocenters. The Balaban J connectivity index is 2.88. The second-order valence-electron chi connectivity index (χ2n) is 3.70. The molecular formula is C11H16Cl2N2O2. The summed E-state index contributed by atoms with van der Waals surface area (Å²) in [4.78, 5) is 3.99. The molecule has 0 saturated heterocycles. The van der Waals surface area contributed by atoms with Crippen molar-refractivity contribution >= 4 is 28.9 Å². The number of hydrogen-bond donors (Lipinski definition) is 1. The Morgan fingerprint density at radius 2 is 1.88 bits per heavy atom. The molecule has 1 heterocycles. The van der Waals surface area contributed by atoms with Gasteiger partial charge in [0.15, 0.2) is 11.4 Å². The van der Waals surface area contributed by atoms with Crippen LogP contribution in [0, 0.1) is 6.92 Å². The number of pyridine rings is 1. The zero-order valence-corrected chi connectivity index (χ0v) is 11.8. The number of ether oxygens (including phenoxy) is 2. The van der Waals surface area contributed by atoms with E-state index in [9.17, 15) is 0 Å². The van der Waals surface area contributed by atoms with Gasteiger partial charge in [-0.25, -0.2) is 4.98 Å². The van der Waals surface area contributed by atoms with E-state index in [0.29, 0.717) is 10.3 Å². The summed E-state index contributed by atoms with van der Waals surface area (Å²) >= 11 is 11.8. The highest BCUT2D eigenvalue weighted by Gasteiger charge is 2.18. The van der Waals surface area contributed by atoms with Crippen molar-refractivity contribution < 1.29 is 9.47 Å². The van der Waals surface area contributed by atoms with Crippen LogP contribution in [0.3, 0.4) is 0 Å². The van der Waals surface area contributed by atoms with Crippen molar-refractivity contribution in [3.63, 3.8) is 0 Å². The maximum atomic E-state index is 6.03. The van der Waals surface area contributed by atoms with Crippen LogP contribution in [-0.4, -0.2) is 31.5 Å². The summed E-state index contributed by atoms with van der Waals surface area (Å²) in [6, 6.07) is 1.68. The standard InChI is InChI=1S/C11H16Cl2N2O2/c1-6-5-8(12)15-10(13)9(6)14-7(2)11(16-3)17-4/h5,7,11,14H,1-4H3. The minimum atomic E-state index is -0.360. The number of rotatable bonds is 5. The Morgan fingerprint density at radius 1 is 1.29 bits per heavy atom. The van der Waals surface area contributed by atoms with Gasteiger partial charge in [-0.15, -0.1) is 0 Å². The van der Waals surface area contributed by atoms with Gasteiger partial charge in [0.05, 0.1) is 11.7 Å². The molecule has 0 aliphatic rings. The molecule has 0 bridgehead atoms. The zero-order valence-electron chi connectivity index (χ0n) is 10.3. The maximum Gasteiger partial charge on any atom is 0.176 e. The summed E-state index contributed by atoms with van der Waals surface area (Å²) in [7, 11) is 3.17. The van der Waals surface area contributed by atoms with Crippen molar-refractivity contribution in [1.82, 2.24) is 4.98 Å². The van der Waals surface area contributed by atoms with E-state index < -0.39 is 0 Å². The molecule has 0 amide bonds. The van der Waals surface area contributed by atoms with Crippen LogP contribution in [0.25, 0.3) is 0 Å². The van der Waals surface area contributed by atoms with Gasteiger partial charge in [0.25, 0.3) is 0 Å². The summed E-state index contributed by atoms with van der Waals surface area (Å²) in [6.45, 7) is 3.84. The molecule has 0 spiro atoms. The Labute approximate surface area is 111 Å². The molecule has 1 aromatic rings. The van der Waals surface area contributed by atoms with Gasteiger partial charge in [0, 0.05) is 14.2 Å². The predicted octanol–water partition coefficient (Wildman–Crippen LogP) is 3.12. The highest BCUT2D eigenvalue weighted by Crippen LogP contribution is 2.27. The predicted molar refractivity (Wildman–Crippen MR) is 69.9 cm³/mol. The van der Waals surface area contributed by atoms with Gasteiger partial charge in [-0.1, -0.05) is 23.2 Å². The van der Waals surface area contributed by atoms with Crippen LogP contribution in [0.2, 0.25) is 10.3 Å². The minimum Gasteiger partial charge on any atom is -0.375 e. The average Bonchev–Trinajstić information content (AvgIpc) is 2.25. The number of aryl methyl sites for hydroxylation is 1. The Morgan fingerprint density at radius 3 is 2.35 bits per heavy atom. The summed E-state index contributed by atoms with van der Waals surface area (Å²) in [5.41, 5.74) is 1.66. The van der Waals surface area contributed by atoms with Crippen LogP contribution >= 0.6 is 23.2 Å². The second kappa shape index (κ2) is 6.40. The van der Waals surface area contributed by atoms with Crippen molar-refractivity contribution in [3.05, 3.63) is 21.9 Å². The molecular weight excluding hydrogens is 263 g/mol. The van der Waals surface area contributed by atoms with Gasteiger partial charge in [-0.05, 0) is 25.5 Å². The number of nitrogens with one attached hydrogen (secondary N) is 1. The number of anilines is 1. The third kappa shape index (κ3) is 3.71. The van der Waals surface area contributed by atoms with Gasteiger partial charge in [-0.2, -0.15) is 0 Å². The molecule has 0 aliphatic carbocycles. The highest BCUT2D eigenvalue weighted by molar-refractivity contribution is 6.34. The van der Waals surface area contributed by atoms with Crippen molar-refractivity contribution in [2.45, 2.75) is 26.2 Å². The van der Waals surface area contributed by atoms with Gasteiger partial charge in [0.1, 0.15) is 5.15 Å². The molecule has 4 nitrogen and oxygen atoms in total. The molecule has 1 atom stereocenters. The van der Waals surface area contributed by atoms with Crippen LogP contribution in [0.5, 0.6) is 0 Å². The molecule has 0 radical (unpaired) electrons. The first-order valence-corrected chi connectivity index (χ1v) is 5.90. The van der Waals surface area contributed by atoms with E-state index in [1.807, 2.05) is 13.8 Å². The van der Waals surface area contributed by atoms with E-state index in [-0.39, 0.29) is 12.3 Å². The third-order valence-electron chi connectivity index (χ3n) is 2.39. The molecule has 1 N–H and O–H groups in total. The van der Waals surface area contributed by atoms with Gasteiger partial charge < -0.3 is 14.8 Å². The van der Waals surface area contributed by atoms with Gasteiger partial charge in [-0.3, -0.25) is 0 Å². The molecule has 1 rings (SSSR count). The first kappa shape index (κ1) is 14.5. The smallest absolute Gasteiger partial charge is 0.176 e. The lowest BCUT2D eigenvalue weighted by molar-refractivity contribution is -0.109. The summed E-state index contributed by atoms with van der Waals surface area (Å²) in [6.07, 6.45) is -0.360. The van der Waals surface area contributed by atoms with Crippen LogP contribution in [0.4, 0.5) is 5.69 Å². The molecule has 0 aromatic carbocycles. The van der Waals surface area contributed by atoms with E-state index in [0.717, 1.165) is 11.3 Å². The van der Waals surface area contributed by atoms with E-state index in [4.69, 9.17) is 32.7 Å². The summed E-state index contributed by atoms with van der Waals surface area (Å²) in [5, 5.41) is 3.92. The van der Waals surface area contributed by atoms with Crippen molar-refractivity contribution in [2.75, 3.05) is 19.5 Å². The van der Waals surface area contributed by atoms with Crippen molar-refractivity contribution in [3.8, 4) is 0 Å². The van der Waals surface area contributed by atoms with Gasteiger partial charge >= 0.3 is 0 Å². The molecule has 0 aliphatic heterocycles. The van der Waals surface area contributed by atoms with E-state index >= 15 is 0 Å². The van der Waals surface area contributed by atoms with Crippen molar-refractivity contribution in [1.29, 1.82) is 0 Å². The van der Waals surface area contributed by atoms with Crippen LogP contribution < -0.4 is 5.32 Å². The fourth-order valence-corrected chi connectivity index (χ4v) is 2.16. The topological polar surface area (TPSA) is 43.4 Å². The molecule has 17 heavy (non-hydrogen) atoms. The Kier molecular flexibility index (Phi) is 5.46. The first-order chi connectivity index (χ1) is 7.99. The van der Waals surface area contributed by atoms with Crippen LogP contribution in [0.1, 0.15) is 12.5 Å². The first-order valence-electron chi connectivity index (χ1n) is 5.14. The lowest BCUT2D eigenvalue weighted by Crippen LogP contribution is -2.34. The summed E-state index contributed by atoms with van der Waals surface area (Å²) in [5.74, 6) is 0. The summed E-state index contributed by atoms with van der Waals surface area (Å²) < 4.78 is 10.3. The molecule has 1 aromatic heterocycles. The number of hydrogen-bond acceptors (Lipinski definition) is 4. The second-order valence-corrected chi connectivity index (χ2v) is 4.45. The normalized spacial score (nSPS) is 12.9. The van der Waals surface area contributed by atoms with E-state index in [1.165, 1.54) is 0 Å². The Bertz CT molecular complexity index is 361. The van der Waals surface area contributed by atoms with E-state index in [1.54, 1.807) is 20.3 Å². The fourth-order valence-electron chi connectivity index (χ4n) is 1.57. The molecule has 0 fully saturated rings. The lowest BCUT2D eigenvalue weighted by atomic mass is 10.2. The quantitative estimate of drug-likeness (QED) is 0.664. The fraction of sp³-hybridized carbons (Fsp3) is 0.545. The number of methoxy groups -OCH3 is 2. The minimum absolute atomic E-state index is 0.0656. The molecule has 6 heteroatoms. The lowest BCUT2D eigenvalue weighted by Gasteiger charge is -2.24. The van der Waals surface area contributed by atoms with Crippen molar-refractivity contribution in [2.24, 2.45) is 0 Å². The Hall–Kier alpha value is -0.550. The number of nitrogens with zero attached hydrogens (tertiary/aromatic N) is 1.